The minimum absolute atomic E-state index is 0.153. The van der Waals surface area contributed by atoms with Crippen molar-refractivity contribution in [3.05, 3.63) is 0 Å². The van der Waals surface area contributed by atoms with Crippen molar-refractivity contribution in [3.8, 4) is 0 Å². The number of rotatable bonds is 4. The van der Waals surface area contributed by atoms with Crippen LogP contribution in [0.5, 0.6) is 0 Å². The van der Waals surface area contributed by atoms with Crippen molar-refractivity contribution >= 4 is 11.8 Å². The van der Waals surface area contributed by atoms with E-state index >= 15 is 0 Å². The molecule has 3 rings (SSSR count). The first-order valence-corrected chi connectivity index (χ1v) is 9.77. The predicted octanol–water partition coefficient (Wildman–Crippen LogP) is -0.232. The van der Waals surface area contributed by atoms with Gasteiger partial charge in [0.1, 0.15) is 6.04 Å². The number of morpholine rings is 1. The van der Waals surface area contributed by atoms with E-state index in [1.54, 1.807) is 0 Å². The van der Waals surface area contributed by atoms with Gasteiger partial charge in [-0.1, -0.05) is 6.92 Å². The standard InChI is InChI=1S/C18H32N4O3/c1-2-20-8-10-21(11-9-20)17(23)13-15-3-6-22(7-4-15)18(24)16-14-25-12-5-19-16/h15-16,19H,2-14H2,1H3. The average Bonchev–Trinajstić information content (AvgIpc) is 2.68. The van der Waals surface area contributed by atoms with Gasteiger partial charge >= 0.3 is 0 Å². The van der Waals surface area contributed by atoms with Crippen LogP contribution in [0.15, 0.2) is 0 Å². The minimum Gasteiger partial charge on any atom is -0.378 e. The molecule has 0 radical (unpaired) electrons. The van der Waals surface area contributed by atoms with E-state index in [2.05, 4.69) is 17.1 Å². The van der Waals surface area contributed by atoms with Crippen LogP contribution in [0.1, 0.15) is 26.2 Å². The van der Waals surface area contributed by atoms with Crippen molar-refractivity contribution in [1.82, 2.24) is 20.0 Å². The molecule has 2 amide bonds. The summed E-state index contributed by atoms with van der Waals surface area (Å²) in [6.45, 7) is 10.4. The summed E-state index contributed by atoms with van der Waals surface area (Å²) in [5.74, 6) is 0.861. The second kappa shape index (κ2) is 8.96. The Morgan fingerprint density at radius 3 is 2.36 bits per heavy atom. The monoisotopic (exact) mass is 352 g/mol. The van der Waals surface area contributed by atoms with Crippen LogP contribution >= 0.6 is 0 Å². The summed E-state index contributed by atoms with van der Waals surface area (Å²) in [7, 11) is 0. The number of piperidine rings is 1. The smallest absolute Gasteiger partial charge is 0.242 e. The number of carbonyl (C=O) groups is 2. The second-order valence-electron chi connectivity index (χ2n) is 7.37. The Balaban J connectivity index is 1.38. The zero-order valence-corrected chi connectivity index (χ0v) is 15.4. The summed E-state index contributed by atoms with van der Waals surface area (Å²) in [5.41, 5.74) is 0. The van der Waals surface area contributed by atoms with Crippen LogP contribution in [0.4, 0.5) is 0 Å². The highest BCUT2D eigenvalue weighted by Crippen LogP contribution is 2.22. The minimum atomic E-state index is -0.193. The van der Waals surface area contributed by atoms with Crippen molar-refractivity contribution < 1.29 is 14.3 Å². The van der Waals surface area contributed by atoms with Gasteiger partial charge in [0.2, 0.25) is 11.8 Å². The molecule has 25 heavy (non-hydrogen) atoms. The molecule has 3 saturated heterocycles. The number of likely N-dealkylation sites (tertiary alicyclic amines) is 1. The molecule has 3 heterocycles. The van der Waals surface area contributed by atoms with E-state index in [0.717, 1.165) is 65.2 Å². The fraction of sp³-hybridized carbons (Fsp3) is 0.889. The normalized spacial score (nSPS) is 26.7. The third-order valence-corrected chi connectivity index (χ3v) is 5.78. The van der Waals surface area contributed by atoms with Crippen molar-refractivity contribution in [3.63, 3.8) is 0 Å². The maximum atomic E-state index is 12.5. The highest BCUT2D eigenvalue weighted by molar-refractivity contribution is 5.82. The number of carbonyl (C=O) groups excluding carboxylic acids is 2. The molecule has 0 aliphatic carbocycles. The van der Waals surface area contributed by atoms with Gasteiger partial charge in [-0.2, -0.15) is 0 Å². The van der Waals surface area contributed by atoms with Crippen molar-refractivity contribution in [2.75, 3.05) is 65.6 Å². The molecule has 3 aliphatic rings. The van der Waals surface area contributed by atoms with E-state index in [4.69, 9.17) is 4.74 Å². The molecule has 142 valence electrons. The Morgan fingerprint density at radius 2 is 1.76 bits per heavy atom. The van der Waals surface area contributed by atoms with E-state index < -0.39 is 0 Å². The zero-order chi connectivity index (χ0) is 17.6. The largest absolute Gasteiger partial charge is 0.378 e. The van der Waals surface area contributed by atoms with Gasteiger partial charge in [0.25, 0.3) is 0 Å². The quantitative estimate of drug-likeness (QED) is 0.757. The highest BCUT2D eigenvalue weighted by Gasteiger charge is 2.31. The van der Waals surface area contributed by atoms with E-state index in [-0.39, 0.29) is 11.9 Å². The molecule has 1 N–H and O–H groups in total. The summed E-state index contributed by atoms with van der Waals surface area (Å²) in [6, 6.07) is -0.193. The lowest BCUT2D eigenvalue weighted by atomic mass is 9.92. The lowest BCUT2D eigenvalue weighted by Gasteiger charge is -2.37. The number of amides is 2. The first-order chi connectivity index (χ1) is 12.2. The zero-order valence-electron chi connectivity index (χ0n) is 15.4. The van der Waals surface area contributed by atoms with Gasteiger partial charge < -0.3 is 24.8 Å². The molecule has 0 aromatic carbocycles. The highest BCUT2D eigenvalue weighted by atomic mass is 16.5. The van der Waals surface area contributed by atoms with Crippen LogP contribution in [-0.2, 0) is 14.3 Å². The molecule has 0 saturated carbocycles. The topological polar surface area (TPSA) is 65.1 Å². The van der Waals surface area contributed by atoms with Gasteiger partial charge in [-0.3, -0.25) is 9.59 Å². The summed E-state index contributed by atoms with van der Waals surface area (Å²) in [6.07, 6.45) is 2.50. The van der Waals surface area contributed by atoms with Gasteiger partial charge in [0, 0.05) is 52.2 Å². The Hall–Kier alpha value is -1.18. The first kappa shape index (κ1) is 18.6. The van der Waals surface area contributed by atoms with Crippen LogP contribution in [0, 0.1) is 5.92 Å². The van der Waals surface area contributed by atoms with Gasteiger partial charge in [-0.05, 0) is 25.3 Å². The number of nitrogens with zero attached hydrogens (tertiary/aromatic N) is 3. The molecular weight excluding hydrogens is 320 g/mol. The summed E-state index contributed by atoms with van der Waals surface area (Å²) >= 11 is 0. The molecule has 0 aromatic rings. The van der Waals surface area contributed by atoms with E-state index in [1.165, 1.54) is 0 Å². The molecule has 1 unspecified atom stereocenters. The van der Waals surface area contributed by atoms with Crippen molar-refractivity contribution in [1.29, 1.82) is 0 Å². The molecule has 3 fully saturated rings. The maximum Gasteiger partial charge on any atom is 0.242 e. The molecule has 7 nitrogen and oxygen atoms in total. The van der Waals surface area contributed by atoms with Crippen LogP contribution < -0.4 is 5.32 Å². The number of hydrogen-bond acceptors (Lipinski definition) is 5. The van der Waals surface area contributed by atoms with Crippen molar-refractivity contribution in [2.24, 2.45) is 5.92 Å². The summed E-state index contributed by atoms with van der Waals surface area (Å²) < 4.78 is 5.39. The molecule has 0 bridgehead atoms. The summed E-state index contributed by atoms with van der Waals surface area (Å²) in [5, 5.41) is 3.23. The Labute approximate surface area is 150 Å². The molecule has 7 heteroatoms. The van der Waals surface area contributed by atoms with E-state index in [1.807, 2.05) is 9.80 Å². The second-order valence-corrected chi connectivity index (χ2v) is 7.37. The summed E-state index contributed by atoms with van der Waals surface area (Å²) in [4.78, 5) is 31.4. The average molecular weight is 352 g/mol. The Bertz CT molecular complexity index is 451. The lowest BCUT2D eigenvalue weighted by molar-refractivity contribution is -0.138. The van der Waals surface area contributed by atoms with E-state index in [9.17, 15) is 9.59 Å². The Kier molecular flexibility index (Phi) is 6.67. The van der Waals surface area contributed by atoms with Crippen LogP contribution in [0.2, 0.25) is 0 Å². The molecule has 3 aliphatic heterocycles. The number of piperazine rings is 1. The third kappa shape index (κ3) is 4.92. The van der Waals surface area contributed by atoms with Gasteiger partial charge in [-0.25, -0.2) is 0 Å². The molecule has 1 atom stereocenters. The number of ether oxygens (including phenoxy) is 1. The van der Waals surface area contributed by atoms with Crippen molar-refractivity contribution in [2.45, 2.75) is 32.2 Å². The van der Waals surface area contributed by atoms with Gasteiger partial charge in [0.05, 0.1) is 13.2 Å². The Morgan fingerprint density at radius 1 is 1.04 bits per heavy atom. The lowest BCUT2D eigenvalue weighted by Crippen LogP contribution is -2.54. The maximum absolute atomic E-state index is 12.5. The number of likely N-dealkylation sites (N-methyl/N-ethyl adjacent to an activating group) is 1. The number of hydrogen-bond donors (Lipinski definition) is 1. The van der Waals surface area contributed by atoms with Gasteiger partial charge in [0.15, 0.2) is 0 Å². The van der Waals surface area contributed by atoms with Crippen LogP contribution in [0.3, 0.4) is 0 Å². The molecular formula is C18H32N4O3. The number of nitrogens with one attached hydrogen (secondary N) is 1. The third-order valence-electron chi connectivity index (χ3n) is 5.78. The molecule has 0 spiro atoms. The fourth-order valence-electron chi connectivity index (χ4n) is 3.99. The first-order valence-electron chi connectivity index (χ1n) is 9.77. The predicted molar refractivity (Wildman–Crippen MR) is 95.2 cm³/mol. The van der Waals surface area contributed by atoms with Crippen LogP contribution in [0.25, 0.3) is 0 Å². The van der Waals surface area contributed by atoms with Gasteiger partial charge in [-0.15, -0.1) is 0 Å². The SMILES string of the molecule is CCN1CCN(C(=O)CC2CCN(C(=O)C3COCCN3)CC2)CC1. The van der Waals surface area contributed by atoms with Crippen LogP contribution in [-0.4, -0.2) is 98.1 Å². The fourth-order valence-corrected chi connectivity index (χ4v) is 3.99. The van der Waals surface area contributed by atoms with E-state index in [0.29, 0.717) is 31.5 Å². The molecule has 0 aromatic heterocycles.